The molecule has 0 fully saturated rings. The Kier molecular flexibility index (Phi) is 9.16. The maximum absolute atomic E-state index is 13.7. The summed E-state index contributed by atoms with van der Waals surface area (Å²) in [5.74, 6) is -0.881. The molecular formula is C26H27BrClN3O4S. The highest BCUT2D eigenvalue weighted by Crippen LogP contribution is 2.28. The number of benzene rings is 3. The number of aryl methyl sites for hydroxylation is 1. The molecule has 0 spiro atoms. The Bertz CT molecular complexity index is 1350. The van der Waals surface area contributed by atoms with Gasteiger partial charge in [0, 0.05) is 23.1 Å². The smallest absolute Gasteiger partial charge is 0.264 e. The molecule has 2 amide bonds. The number of para-hydroxylation sites is 1. The van der Waals surface area contributed by atoms with Crippen molar-refractivity contribution in [1.82, 2.24) is 10.2 Å². The highest BCUT2D eigenvalue weighted by Gasteiger charge is 2.32. The minimum Gasteiger partial charge on any atom is -0.357 e. The zero-order valence-electron chi connectivity index (χ0n) is 20.1. The van der Waals surface area contributed by atoms with E-state index in [2.05, 4.69) is 21.2 Å². The van der Waals surface area contributed by atoms with E-state index in [1.54, 1.807) is 38.1 Å². The molecule has 3 aromatic rings. The first-order chi connectivity index (χ1) is 17.0. The van der Waals surface area contributed by atoms with E-state index in [0.717, 1.165) is 14.3 Å². The first kappa shape index (κ1) is 27.7. The standard InChI is InChI=1S/C26H27BrClN3O4S/c1-18-7-4-5-10-24(18)31(36(34,35)23-13-11-22(28)12-14-23)17-25(32)30(19(2)26(33)29-3)16-20-8-6-9-21(27)15-20/h4-15,19H,16-17H2,1-3H3,(H,29,33)/t19-/m1/s1. The summed E-state index contributed by atoms with van der Waals surface area (Å²) in [5, 5.41) is 2.96. The molecule has 10 heteroatoms. The average Bonchev–Trinajstić information content (AvgIpc) is 2.85. The maximum Gasteiger partial charge on any atom is 0.264 e. The molecule has 3 rings (SSSR count). The highest BCUT2D eigenvalue weighted by molar-refractivity contribution is 9.10. The molecule has 0 heterocycles. The zero-order valence-corrected chi connectivity index (χ0v) is 23.3. The van der Waals surface area contributed by atoms with Gasteiger partial charge in [0.25, 0.3) is 10.0 Å². The highest BCUT2D eigenvalue weighted by atomic mass is 79.9. The van der Waals surface area contributed by atoms with Crippen molar-refractivity contribution in [2.24, 2.45) is 0 Å². The minimum atomic E-state index is -4.13. The van der Waals surface area contributed by atoms with Crippen molar-refractivity contribution in [1.29, 1.82) is 0 Å². The number of sulfonamides is 1. The molecule has 0 saturated heterocycles. The molecule has 0 saturated carbocycles. The van der Waals surface area contributed by atoms with Crippen LogP contribution in [0.2, 0.25) is 5.02 Å². The molecule has 3 aromatic carbocycles. The Morgan fingerprint density at radius 3 is 2.31 bits per heavy atom. The van der Waals surface area contributed by atoms with Crippen molar-refractivity contribution >= 4 is 55.1 Å². The number of hydrogen-bond donors (Lipinski definition) is 1. The third kappa shape index (κ3) is 6.46. The average molecular weight is 593 g/mol. The molecule has 0 aliphatic carbocycles. The number of nitrogens with one attached hydrogen (secondary N) is 1. The summed E-state index contributed by atoms with van der Waals surface area (Å²) >= 11 is 9.39. The topological polar surface area (TPSA) is 86.8 Å². The first-order valence-electron chi connectivity index (χ1n) is 11.1. The number of carbonyl (C=O) groups is 2. The lowest BCUT2D eigenvalue weighted by Crippen LogP contribution is -2.50. The molecule has 1 atom stereocenters. The van der Waals surface area contributed by atoms with E-state index in [0.29, 0.717) is 16.3 Å². The predicted octanol–water partition coefficient (Wildman–Crippen LogP) is 4.77. The van der Waals surface area contributed by atoms with Gasteiger partial charge in [-0.25, -0.2) is 8.42 Å². The number of anilines is 1. The number of carbonyl (C=O) groups excluding carboxylic acids is 2. The monoisotopic (exact) mass is 591 g/mol. The SMILES string of the molecule is CNC(=O)[C@@H](C)N(Cc1cccc(Br)c1)C(=O)CN(c1ccccc1C)S(=O)(=O)c1ccc(Cl)cc1. The van der Waals surface area contributed by atoms with Crippen LogP contribution in [0, 0.1) is 6.92 Å². The van der Waals surface area contributed by atoms with Gasteiger partial charge < -0.3 is 10.2 Å². The van der Waals surface area contributed by atoms with Crippen LogP contribution in [-0.2, 0) is 26.2 Å². The van der Waals surface area contributed by atoms with Gasteiger partial charge in [0.05, 0.1) is 10.6 Å². The first-order valence-corrected chi connectivity index (χ1v) is 13.7. The number of amides is 2. The molecule has 0 bridgehead atoms. The van der Waals surface area contributed by atoms with Gasteiger partial charge in [-0.15, -0.1) is 0 Å². The second-order valence-electron chi connectivity index (χ2n) is 8.19. The Balaban J connectivity index is 2.05. The van der Waals surface area contributed by atoms with Gasteiger partial charge >= 0.3 is 0 Å². The molecule has 0 unspecified atom stereocenters. The van der Waals surface area contributed by atoms with Gasteiger partial charge in [0.2, 0.25) is 11.8 Å². The van der Waals surface area contributed by atoms with E-state index in [4.69, 9.17) is 11.6 Å². The van der Waals surface area contributed by atoms with Crippen molar-refractivity contribution < 1.29 is 18.0 Å². The van der Waals surface area contributed by atoms with Crippen LogP contribution >= 0.6 is 27.5 Å². The molecule has 36 heavy (non-hydrogen) atoms. The van der Waals surface area contributed by atoms with Gasteiger partial charge in [-0.1, -0.05) is 57.9 Å². The van der Waals surface area contributed by atoms with Gasteiger partial charge in [0.1, 0.15) is 12.6 Å². The van der Waals surface area contributed by atoms with Crippen LogP contribution < -0.4 is 9.62 Å². The van der Waals surface area contributed by atoms with Gasteiger partial charge in [-0.2, -0.15) is 0 Å². The molecule has 7 nitrogen and oxygen atoms in total. The molecule has 0 aromatic heterocycles. The van der Waals surface area contributed by atoms with E-state index < -0.39 is 28.5 Å². The number of nitrogens with zero attached hydrogens (tertiary/aromatic N) is 2. The fraction of sp³-hybridized carbons (Fsp3) is 0.231. The van der Waals surface area contributed by atoms with Crippen LogP contribution in [0.1, 0.15) is 18.1 Å². The van der Waals surface area contributed by atoms with Crippen LogP contribution in [-0.4, -0.2) is 44.8 Å². The normalized spacial score (nSPS) is 12.0. The van der Waals surface area contributed by atoms with Crippen molar-refractivity contribution in [2.45, 2.75) is 31.3 Å². The summed E-state index contributed by atoms with van der Waals surface area (Å²) in [6.07, 6.45) is 0. The lowest BCUT2D eigenvalue weighted by Gasteiger charge is -2.32. The fourth-order valence-corrected chi connectivity index (χ4v) is 5.77. The van der Waals surface area contributed by atoms with Crippen LogP contribution in [0.4, 0.5) is 5.69 Å². The van der Waals surface area contributed by atoms with Crippen LogP contribution in [0.3, 0.4) is 0 Å². The van der Waals surface area contributed by atoms with E-state index in [9.17, 15) is 18.0 Å². The van der Waals surface area contributed by atoms with Crippen LogP contribution in [0.5, 0.6) is 0 Å². The summed E-state index contributed by atoms with van der Waals surface area (Å²) in [4.78, 5) is 27.6. The zero-order chi connectivity index (χ0) is 26.5. The summed E-state index contributed by atoms with van der Waals surface area (Å²) < 4.78 is 29.4. The van der Waals surface area contributed by atoms with E-state index >= 15 is 0 Å². The van der Waals surface area contributed by atoms with Crippen molar-refractivity contribution in [2.75, 3.05) is 17.9 Å². The summed E-state index contributed by atoms with van der Waals surface area (Å²) in [6, 6.07) is 19.2. The van der Waals surface area contributed by atoms with Gasteiger partial charge in [-0.3, -0.25) is 13.9 Å². The molecule has 0 aliphatic heterocycles. The largest absolute Gasteiger partial charge is 0.357 e. The Labute approximate surface area is 225 Å². The van der Waals surface area contributed by atoms with E-state index in [1.165, 1.54) is 36.2 Å². The van der Waals surface area contributed by atoms with Gasteiger partial charge in [-0.05, 0) is 67.4 Å². The number of rotatable bonds is 9. The second kappa shape index (κ2) is 11.9. The van der Waals surface area contributed by atoms with Crippen molar-refractivity contribution in [3.05, 3.63) is 93.4 Å². The Morgan fingerprint density at radius 1 is 1.03 bits per heavy atom. The van der Waals surface area contributed by atoms with Crippen LogP contribution in [0.15, 0.2) is 82.2 Å². The molecule has 190 valence electrons. The fourth-order valence-electron chi connectivity index (χ4n) is 3.71. The summed E-state index contributed by atoms with van der Waals surface area (Å²) in [6.45, 7) is 3.01. The molecule has 1 N–H and O–H groups in total. The molecule has 0 radical (unpaired) electrons. The lowest BCUT2D eigenvalue weighted by atomic mass is 10.1. The quantitative estimate of drug-likeness (QED) is 0.388. The molecular weight excluding hydrogens is 566 g/mol. The number of hydrogen-bond acceptors (Lipinski definition) is 4. The number of halogens is 2. The van der Waals surface area contributed by atoms with Crippen LogP contribution in [0.25, 0.3) is 0 Å². The van der Waals surface area contributed by atoms with E-state index in [-0.39, 0.29) is 17.3 Å². The van der Waals surface area contributed by atoms with Gasteiger partial charge in [0.15, 0.2) is 0 Å². The van der Waals surface area contributed by atoms with Crippen molar-refractivity contribution in [3.63, 3.8) is 0 Å². The Morgan fingerprint density at radius 2 is 1.69 bits per heavy atom. The third-order valence-corrected chi connectivity index (χ3v) is 8.24. The Hall–Kier alpha value is -2.88. The lowest BCUT2D eigenvalue weighted by molar-refractivity contribution is -0.139. The third-order valence-electron chi connectivity index (χ3n) is 5.72. The van der Waals surface area contributed by atoms with Crippen molar-refractivity contribution in [3.8, 4) is 0 Å². The second-order valence-corrected chi connectivity index (χ2v) is 11.4. The minimum absolute atomic E-state index is 0.000780. The summed E-state index contributed by atoms with van der Waals surface area (Å²) in [5.41, 5.74) is 1.84. The van der Waals surface area contributed by atoms with E-state index in [1.807, 2.05) is 24.3 Å². The number of likely N-dealkylation sites (N-methyl/N-ethyl adjacent to an activating group) is 1. The predicted molar refractivity (Wildman–Crippen MR) is 145 cm³/mol. The maximum atomic E-state index is 13.7. The molecule has 0 aliphatic rings. The summed E-state index contributed by atoms with van der Waals surface area (Å²) in [7, 11) is -2.64.